The molecule has 24 heavy (non-hydrogen) atoms. The molecule has 1 aromatic carbocycles. The maximum absolute atomic E-state index is 12.1. The Labute approximate surface area is 149 Å². The van der Waals surface area contributed by atoms with Crippen LogP contribution in [0.5, 0.6) is 5.75 Å². The molecule has 1 amide bonds. The van der Waals surface area contributed by atoms with Crippen LogP contribution in [-0.4, -0.2) is 25.5 Å². The summed E-state index contributed by atoms with van der Waals surface area (Å²) in [6.07, 6.45) is 2.19. The molecule has 1 saturated heterocycles. The molecule has 0 radical (unpaired) electrons. The maximum Gasteiger partial charge on any atom is 0.286 e. The molecule has 1 atom stereocenters. The summed E-state index contributed by atoms with van der Waals surface area (Å²) < 4.78 is 12.2. The summed E-state index contributed by atoms with van der Waals surface area (Å²) in [6, 6.07) is 11.1. The maximum atomic E-state index is 12.1. The van der Waals surface area contributed by atoms with Crippen molar-refractivity contribution in [3.8, 4) is 5.75 Å². The summed E-state index contributed by atoms with van der Waals surface area (Å²) in [5.74, 6) is 2.19. The number of carbonyl (C=O) groups excluding carboxylic acids is 1. The molecule has 0 saturated carbocycles. The summed E-state index contributed by atoms with van der Waals surface area (Å²) >= 11 is 3.40. The lowest BCUT2D eigenvalue weighted by Gasteiger charge is -2.08. The molecule has 2 aromatic rings. The Kier molecular flexibility index (Phi) is 5.93. The third-order valence-corrected chi connectivity index (χ3v) is 4.56. The topological polar surface area (TPSA) is 63.5 Å². The summed E-state index contributed by atoms with van der Waals surface area (Å²) in [6.45, 7) is 3.10. The second-order valence-electron chi connectivity index (χ2n) is 5.92. The molecule has 2 N–H and O–H groups in total. The van der Waals surface area contributed by atoms with Gasteiger partial charge in [0, 0.05) is 11.0 Å². The average molecular weight is 393 g/mol. The molecular formula is C18H21BrN2O3. The van der Waals surface area contributed by atoms with Gasteiger partial charge in [-0.3, -0.25) is 4.79 Å². The first-order valence-electron chi connectivity index (χ1n) is 8.17. The summed E-state index contributed by atoms with van der Waals surface area (Å²) in [5.41, 5.74) is 0. The van der Waals surface area contributed by atoms with E-state index in [0.29, 0.717) is 24.0 Å². The van der Waals surface area contributed by atoms with Crippen molar-refractivity contribution in [2.75, 3.05) is 19.6 Å². The monoisotopic (exact) mass is 392 g/mol. The van der Waals surface area contributed by atoms with Crippen LogP contribution in [0.25, 0.3) is 0 Å². The Morgan fingerprint density at radius 3 is 3.08 bits per heavy atom. The zero-order chi connectivity index (χ0) is 16.8. The Balaban J connectivity index is 1.44. The molecule has 0 bridgehead atoms. The van der Waals surface area contributed by atoms with Crippen LogP contribution in [0.3, 0.4) is 0 Å². The minimum Gasteiger partial charge on any atom is -0.486 e. The number of ether oxygens (including phenoxy) is 1. The number of nitrogens with one attached hydrogen (secondary N) is 2. The molecular weight excluding hydrogens is 372 g/mol. The fraction of sp³-hybridized carbons (Fsp3) is 0.389. The standard InChI is InChI=1S/C18H21BrN2O3/c19-14-2-1-3-15(10-14)23-12-16-4-5-17(24-16)18(22)21-9-7-13-6-8-20-11-13/h1-5,10,13,20H,6-9,11-12H2,(H,21,22). The lowest BCUT2D eigenvalue weighted by Crippen LogP contribution is -2.26. The van der Waals surface area contributed by atoms with Crippen molar-refractivity contribution in [2.45, 2.75) is 19.4 Å². The van der Waals surface area contributed by atoms with E-state index in [1.807, 2.05) is 24.3 Å². The molecule has 6 heteroatoms. The first-order valence-corrected chi connectivity index (χ1v) is 8.96. The third kappa shape index (κ3) is 4.85. The smallest absolute Gasteiger partial charge is 0.286 e. The van der Waals surface area contributed by atoms with E-state index in [-0.39, 0.29) is 12.5 Å². The number of rotatable bonds is 7. The number of furan rings is 1. The second-order valence-corrected chi connectivity index (χ2v) is 6.83. The molecule has 1 aromatic heterocycles. The average Bonchev–Trinajstić information content (AvgIpc) is 3.25. The van der Waals surface area contributed by atoms with Gasteiger partial charge >= 0.3 is 0 Å². The van der Waals surface area contributed by atoms with E-state index in [4.69, 9.17) is 9.15 Å². The first kappa shape index (κ1) is 17.0. The molecule has 1 aliphatic rings. The molecule has 1 fully saturated rings. The molecule has 1 unspecified atom stereocenters. The number of hydrogen-bond donors (Lipinski definition) is 2. The van der Waals surface area contributed by atoms with E-state index < -0.39 is 0 Å². The van der Waals surface area contributed by atoms with Crippen LogP contribution in [0, 0.1) is 5.92 Å². The van der Waals surface area contributed by atoms with Gasteiger partial charge in [-0.15, -0.1) is 0 Å². The number of benzene rings is 1. The van der Waals surface area contributed by atoms with E-state index in [9.17, 15) is 4.79 Å². The zero-order valence-electron chi connectivity index (χ0n) is 13.4. The summed E-state index contributed by atoms with van der Waals surface area (Å²) in [5, 5.41) is 6.24. The molecule has 2 heterocycles. The Morgan fingerprint density at radius 2 is 2.29 bits per heavy atom. The van der Waals surface area contributed by atoms with E-state index in [2.05, 4.69) is 26.6 Å². The summed E-state index contributed by atoms with van der Waals surface area (Å²) in [4.78, 5) is 12.1. The highest BCUT2D eigenvalue weighted by Gasteiger charge is 2.15. The van der Waals surface area contributed by atoms with Gasteiger partial charge in [-0.2, -0.15) is 0 Å². The Hall–Kier alpha value is -1.79. The largest absolute Gasteiger partial charge is 0.486 e. The SMILES string of the molecule is O=C(NCCC1CCNC1)c1ccc(COc2cccc(Br)c2)o1. The molecule has 5 nitrogen and oxygen atoms in total. The molecule has 128 valence electrons. The van der Waals surface area contributed by atoms with Crippen molar-refractivity contribution in [3.05, 3.63) is 52.4 Å². The fourth-order valence-electron chi connectivity index (χ4n) is 2.73. The fourth-order valence-corrected chi connectivity index (χ4v) is 3.10. The van der Waals surface area contributed by atoms with Gasteiger partial charge in [-0.25, -0.2) is 0 Å². The number of hydrogen-bond acceptors (Lipinski definition) is 4. The van der Waals surface area contributed by atoms with Gasteiger partial charge in [0.25, 0.3) is 5.91 Å². The lowest BCUT2D eigenvalue weighted by molar-refractivity contribution is 0.0920. The van der Waals surface area contributed by atoms with Crippen molar-refractivity contribution in [1.29, 1.82) is 0 Å². The van der Waals surface area contributed by atoms with Gasteiger partial charge in [0.1, 0.15) is 18.1 Å². The van der Waals surface area contributed by atoms with Crippen LogP contribution in [0.4, 0.5) is 0 Å². The van der Waals surface area contributed by atoms with Crippen molar-refractivity contribution in [1.82, 2.24) is 10.6 Å². The Morgan fingerprint density at radius 1 is 1.38 bits per heavy atom. The molecule has 0 aliphatic carbocycles. The quantitative estimate of drug-likeness (QED) is 0.758. The van der Waals surface area contributed by atoms with Gasteiger partial charge in [-0.1, -0.05) is 22.0 Å². The zero-order valence-corrected chi connectivity index (χ0v) is 15.0. The van der Waals surface area contributed by atoms with E-state index in [1.54, 1.807) is 12.1 Å². The number of carbonyl (C=O) groups is 1. The van der Waals surface area contributed by atoms with Crippen molar-refractivity contribution in [3.63, 3.8) is 0 Å². The van der Waals surface area contributed by atoms with Crippen LogP contribution >= 0.6 is 15.9 Å². The third-order valence-electron chi connectivity index (χ3n) is 4.06. The number of amides is 1. The van der Waals surface area contributed by atoms with Crippen molar-refractivity contribution in [2.24, 2.45) is 5.92 Å². The highest BCUT2D eigenvalue weighted by Crippen LogP contribution is 2.19. The summed E-state index contributed by atoms with van der Waals surface area (Å²) in [7, 11) is 0. The minimum absolute atomic E-state index is 0.172. The van der Waals surface area contributed by atoms with E-state index in [1.165, 1.54) is 6.42 Å². The predicted molar refractivity (Wildman–Crippen MR) is 95.1 cm³/mol. The lowest BCUT2D eigenvalue weighted by atomic mass is 10.1. The van der Waals surface area contributed by atoms with E-state index in [0.717, 1.165) is 29.7 Å². The highest BCUT2D eigenvalue weighted by molar-refractivity contribution is 9.10. The normalized spacial score (nSPS) is 17.0. The molecule has 3 rings (SSSR count). The van der Waals surface area contributed by atoms with Crippen LogP contribution in [0.15, 0.2) is 45.3 Å². The number of halogens is 1. The predicted octanol–water partition coefficient (Wildman–Crippen LogP) is 3.35. The van der Waals surface area contributed by atoms with Crippen LogP contribution in [0.2, 0.25) is 0 Å². The van der Waals surface area contributed by atoms with Crippen LogP contribution in [-0.2, 0) is 6.61 Å². The minimum atomic E-state index is -0.172. The van der Waals surface area contributed by atoms with E-state index >= 15 is 0 Å². The highest BCUT2D eigenvalue weighted by atomic mass is 79.9. The van der Waals surface area contributed by atoms with Crippen molar-refractivity contribution < 1.29 is 13.9 Å². The Bertz CT molecular complexity index is 680. The molecule has 1 aliphatic heterocycles. The second kappa shape index (κ2) is 8.35. The van der Waals surface area contributed by atoms with Crippen LogP contribution in [0.1, 0.15) is 29.2 Å². The van der Waals surface area contributed by atoms with Gasteiger partial charge in [0.15, 0.2) is 5.76 Å². The van der Waals surface area contributed by atoms with Gasteiger partial charge < -0.3 is 19.8 Å². The molecule has 0 spiro atoms. The van der Waals surface area contributed by atoms with Crippen LogP contribution < -0.4 is 15.4 Å². The van der Waals surface area contributed by atoms with Gasteiger partial charge in [0.2, 0.25) is 0 Å². The first-order chi connectivity index (χ1) is 11.7. The van der Waals surface area contributed by atoms with Gasteiger partial charge in [0.05, 0.1) is 0 Å². The van der Waals surface area contributed by atoms with Crippen molar-refractivity contribution >= 4 is 21.8 Å². The van der Waals surface area contributed by atoms with Gasteiger partial charge in [-0.05, 0) is 62.2 Å².